The number of carbonyl (C=O) groups is 1. The van der Waals surface area contributed by atoms with E-state index >= 15 is 0 Å². The van der Waals surface area contributed by atoms with E-state index in [9.17, 15) is 9.18 Å². The van der Waals surface area contributed by atoms with Crippen LogP contribution in [0.15, 0.2) is 18.2 Å². The third kappa shape index (κ3) is 5.50. The molecule has 166 valence electrons. The molecule has 1 aromatic carbocycles. The summed E-state index contributed by atoms with van der Waals surface area (Å²) < 4.78 is 26.3. The highest BCUT2D eigenvalue weighted by Gasteiger charge is 2.40. The van der Waals surface area contributed by atoms with Gasteiger partial charge in [-0.3, -0.25) is 4.79 Å². The highest BCUT2D eigenvalue weighted by Crippen LogP contribution is 2.26. The minimum atomic E-state index is -0.371. The number of halogens is 1. The van der Waals surface area contributed by atoms with Crippen LogP contribution in [0.4, 0.5) is 4.39 Å². The van der Waals surface area contributed by atoms with E-state index in [-0.39, 0.29) is 23.7 Å². The van der Waals surface area contributed by atoms with Crippen LogP contribution >= 0.6 is 0 Å². The van der Waals surface area contributed by atoms with Crippen LogP contribution in [0.3, 0.4) is 0 Å². The Kier molecular flexibility index (Phi) is 7.23. The first-order valence-electron chi connectivity index (χ1n) is 11.4. The molecule has 0 saturated carbocycles. The van der Waals surface area contributed by atoms with Gasteiger partial charge >= 0.3 is 0 Å². The van der Waals surface area contributed by atoms with Crippen molar-refractivity contribution in [2.75, 3.05) is 52.5 Å². The minimum absolute atomic E-state index is 0.0425. The van der Waals surface area contributed by atoms with Crippen LogP contribution in [0.5, 0.6) is 5.75 Å². The van der Waals surface area contributed by atoms with Crippen LogP contribution < -0.4 is 15.4 Å². The standard InChI is InChI=1S/C23H34FN3O3/c24-21-15-20(29-12-1-2-18-5-8-25-9-6-18)4-3-19(21)14-22(28)27-11-13-30-23(17-27)7-10-26-16-23/h3-4,15,18,25-26H,1-2,5-14,16-17H2. The number of hydrogen-bond acceptors (Lipinski definition) is 5. The van der Waals surface area contributed by atoms with Gasteiger partial charge < -0.3 is 25.0 Å². The van der Waals surface area contributed by atoms with Gasteiger partial charge in [0.1, 0.15) is 11.6 Å². The first kappa shape index (κ1) is 21.5. The molecule has 7 heteroatoms. The maximum atomic E-state index is 14.6. The van der Waals surface area contributed by atoms with Crippen molar-refractivity contribution in [1.29, 1.82) is 0 Å². The van der Waals surface area contributed by atoms with Gasteiger partial charge in [-0.1, -0.05) is 6.07 Å². The predicted octanol–water partition coefficient (Wildman–Crippen LogP) is 2.12. The molecule has 0 aromatic heterocycles. The van der Waals surface area contributed by atoms with E-state index in [1.54, 1.807) is 12.1 Å². The summed E-state index contributed by atoms with van der Waals surface area (Å²) in [4.78, 5) is 14.6. The minimum Gasteiger partial charge on any atom is -0.493 e. The summed E-state index contributed by atoms with van der Waals surface area (Å²) in [7, 11) is 0. The molecule has 1 amide bonds. The molecule has 3 fully saturated rings. The quantitative estimate of drug-likeness (QED) is 0.663. The Balaban J connectivity index is 1.24. The zero-order chi connectivity index (χ0) is 20.8. The average Bonchev–Trinajstić information content (AvgIpc) is 3.21. The number of amides is 1. The van der Waals surface area contributed by atoms with Gasteiger partial charge in [0, 0.05) is 19.2 Å². The van der Waals surface area contributed by atoms with Gasteiger partial charge in [-0.2, -0.15) is 0 Å². The number of carbonyl (C=O) groups excluding carboxylic acids is 1. The normalized spacial score (nSPS) is 25.0. The molecule has 30 heavy (non-hydrogen) atoms. The molecular weight excluding hydrogens is 385 g/mol. The molecule has 0 bridgehead atoms. The van der Waals surface area contributed by atoms with E-state index in [4.69, 9.17) is 9.47 Å². The lowest BCUT2D eigenvalue weighted by Crippen LogP contribution is -2.55. The Morgan fingerprint density at radius 2 is 2.13 bits per heavy atom. The number of piperidine rings is 1. The van der Waals surface area contributed by atoms with Crippen molar-refractivity contribution in [3.63, 3.8) is 0 Å². The number of morpholine rings is 1. The van der Waals surface area contributed by atoms with E-state index in [2.05, 4.69) is 10.6 Å². The molecule has 0 radical (unpaired) electrons. The SMILES string of the molecule is O=C(Cc1ccc(OCCCC2CCNCC2)cc1F)N1CCOC2(CCNC2)C1. The van der Waals surface area contributed by atoms with E-state index in [0.717, 1.165) is 51.4 Å². The number of hydrogen-bond donors (Lipinski definition) is 2. The molecule has 3 aliphatic rings. The summed E-state index contributed by atoms with van der Waals surface area (Å²) >= 11 is 0. The van der Waals surface area contributed by atoms with Gasteiger partial charge in [0.25, 0.3) is 0 Å². The van der Waals surface area contributed by atoms with Crippen molar-refractivity contribution in [2.24, 2.45) is 5.92 Å². The fourth-order valence-corrected chi connectivity index (χ4v) is 4.81. The monoisotopic (exact) mass is 419 g/mol. The van der Waals surface area contributed by atoms with Gasteiger partial charge in [0.2, 0.25) is 5.91 Å². The summed E-state index contributed by atoms with van der Waals surface area (Å²) in [5.74, 6) is 0.902. The van der Waals surface area contributed by atoms with Crippen molar-refractivity contribution < 1.29 is 18.7 Å². The van der Waals surface area contributed by atoms with Crippen molar-refractivity contribution in [2.45, 2.75) is 44.1 Å². The fourth-order valence-electron chi connectivity index (χ4n) is 4.81. The lowest BCUT2D eigenvalue weighted by molar-refractivity contribution is -0.147. The highest BCUT2D eigenvalue weighted by atomic mass is 19.1. The third-order valence-corrected chi connectivity index (χ3v) is 6.66. The third-order valence-electron chi connectivity index (χ3n) is 6.66. The molecule has 6 nitrogen and oxygen atoms in total. The lowest BCUT2D eigenvalue weighted by atomic mass is 9.93. The van der Waals surface area contributed by atoms with Crippen molar-refractivity contribution >= 4 is 5.91 Å². The molecule has 1 aromatic rings. The largest absolute Gasteiger partial charge is 0.493 e. The van der Waals surface area contributed by atoms with Crippen molar-refractivity contribution in [3.05, 3.63) is 29.6 Å². The van der Waals surface area contributed by atoms with Gasteiger partial charge in [-0.05, 0) is 69.3 Å². The number of nitrogens with one attached hydrogen (secondary N) is 2. The molecule has 0 aliphatic carbocycles. The Labute approximate surface area is 178 Å². The topological polar surface area (TPSA) is 62.8 Å². The number of nitrogens with zero attached hydrogens (tertiary/aromatic N) is 1. The summed E-state index contributed by atoms with van der Waals surface area (Å²) in [6, 6.07) is 4.87. The van der Waals surface area contributed by atoms with Gasteiger partial charge in [-0.15, -0.1) is 0 Å². The van der Waals surface area contributed by atoms with E-state index < -0.39 is 0 Å². The van der Waals surface area contributed by atoms with Crippen LogP contribution in [0.2, 0.25) is 0 Å². The van der Waals surface area contributed by atoms with Gasteiger partial charge in [0.05, 0.1) is 31.8 Å². The Bertz CT molecular complexity index is 718. The lowest BCUT2D eigenvalue weighted by Gasteiger charge is -2.40. The van der Waals surface area contributed by atoms with E-state index in [1.165, 1.54) is 18.9 Å². The zero-order valence-electron chi connectivity index (χ0n) is 17.8. The number of rotatable bonds is 7. The van der Waals surface area contributed by atoms with Gasteiger partial charge in [0.15, 0.2) is 0 Å². The summed E-state index contributed by atoms with van der Waals surface area (Å²) in [5.41, 5.74) is 0.158. The first-order chi connectivity index (χ1) is 14.6. The molecule has 1 atom stereocenters. The van der Waals surface area contributed by atoms with Crippen LogP contribution in [-0.2, 0) is 16.0 Å². The molecule has 1 unspecified atom stereocenters. The Hall–Kier alpha value is -1.70. The molecule has 2 N–H and O–H groups in total. The summed E-state index contributed by atoms with van der Waals surface area (Å²) in [6.07, 6.45) is 5.60. The second-order valence-corrected chi connectivity index (χ2v) is 8.89. The summed E-state index contributed by atoms with van der Waals surface area (Å²) in [5, 5.41) is 6.69. The van der Waals surface area contributed by atoms with Gasteiger partial charge in [-0.25, -0.2) is 4.39 Å². The Morgan fingerprint density at radius 3 is 2.90 bits per heavy atom. The van der Waals surface area contributed by atoms with Crippen LogP contribution in [0.1, 0.15) is 37.7 Å². The molecule has 3 aliphatic heterocycles. The molecule has 3 saturated heterocycles. The van der Waals surface area contributed by atoms with Crippen molar-refractivity contribution in [3.8, 4) is 5.75 Å². The second-order valence-electron chi connectivity index (χ2n) is 8.89. The Morgan fingerprint density at radius 1 is 1.27 bits per heavy atom. The maximum Gasteiger partial charge on any atom is 0.227 e. The first-order valence-corrected chi connectivity index (χ1v) is 11.4. The second kappa shape index (κ2) is 10.1. The maximum absolute atomic E-state index is 14.6. The smallest absolute Gasteiger partial charge is 0.227 e. The number of ether oxygens (including phenoxy) is 2. The predicted molar refractivity (Wildman–Crippen MR) is 113 cm³/mol. The average molecular weight is 420 g/mol. The number of benzene rings is 1. The summed E-state index contributed by atoms with van der Waals surface area (Å²) in [6.45, 7) is 6.20. The molecule has 4 rings (SSSR count). The van der Waals surface area contributed by atoms with Crippen LogP contribution in [0, 0.1) is 11.7 Å². The highest BCUT2D eigenvalue weighted by molar-refractivity contribution is 5.79. The van der Waals surface area contributed by atoms with Crippen LogP contribution in [-0.4, -0.2) is 68.9 Å². The fraction of sp³-hybridized carbons (Fsp3) is 0.696. The van der Waals surface area contributed by atoms with Crippen LogP contribution in [0.25, 0.3) is 0 Å². The van der Waals surface area contributed by atoms with E-state index in [1.807, 2.05) is 4.90 Å². The van der Waals surface area contributed by atoms with Crippen molar-refractivity contribution in [1.82, 2.24) is 15.5 Å². The molecule has 3 heterocycles. The molecular formula is C23H34FN3O3. The van der Waals surface area contributed by atoms with E-state index in [0.29, 0.717) is 37.6 Å². The molecule has 1 spiro atoms. The zero-order valence-corrected chi connectivity index (χ0v) is 17.8.